The molecule has 0 aliphatic rings. The van der Waals surface area contributed by atoms with Crippen LogP contribution in [0.5, 0.6) is 0 Å². The van der Waals surface area contributed by atoms with Gasteiger partial charge in [0.25, 0.3) is 0 Å². The third-order valence-electron chi connectivity index (χ3n) is 7.11. The fourth-order valence-electron chi connectivity index (χ4n) is 4.37. The van der Waals surface area contributed by atoms with Crippen molar-refractivity contribution >= 4 is 19.8 Å². The molecule has 51 heavy (non-hydrogen) atoms. The lowest BCUT2D eigenvalue weighted by Crippen LogP contribution is -2.29. The Bertz CT molecular complexity index is 1160. The Kier molecular flexibility index (Phi) is 33.2. The van der Waals surface area contributed by atoms with Crippen molar-refractivity contribution in [3.05, 3.63) is 97.2 Å². The van der Waals surface area contributed by atoms with Crippen molar-refractivity contribution in [2.45, 2.75) is 135 Å². The molecule has 3 N–H and O–H groups in total. The van der Waals surface area contributed by atoms with Gasteiger partial charge in [0.05, 0.1) is 12.7 Å². The van der Waals surface area contributed by atoms with Crippen molar-refractivity contribution in [3.8, 4) is 0 Å². The summed E-state index contributed by atoms with van der Waals surface area (Å²) in [5.74, 6) is -1.03. The highest BCUT2D eigenvalue weighted by molar-refractivity contribution is 7.46. The van der Waals surface area contributed by atoms with Crippen LogP contribution in [0.15, 0.2) is 97.2 Å². The summed E-state index contributed by atoms with van der Waals surface area (Å²) in [6, 6.07) is 0. The first-order valence-corrected chi connectivity index (χ1v) is 20.1. The standard InChI is InChI=1S/C41H65O9P/c1-3-4-5-6-7-8-9-10-12-17-20-23-26-29-32-35-41(44)50-39(37-49-51(45,46)47)36-48-40(43)34-31-28-25-22-19-16-14-11-13-15-18-21-24-27-30-33-38(2)42/h4-5,7-8,10,12-16,20-25,38-39,42H,3,6,9,11,17-19,26-37H2,1-2H3,(H2,45,46,47)/b5-4-,8-7-,12-10-,15-13-,16-14-,23-20-,24-21-,25-22-/t38-,39-/m1/s1. The number of hydrogen-bond acceptors (Lipinski definition) is 7. The number of aliphatic hydroxyl groups excluding tert-OH is 1. The second-order valence-electron chi connectivity index (χ2n) is 12.1. The van der Waals surface area contributed by atoms with Crippen LogP contribution in [0.3, 0.4) is 0 Å². The van der Waals surface area contributed by atoms with Crippen molar-refractivity contribution in [2.24, 2.45) is 0 Å². The van der Waals surface area contributed by atoms with Gasteiger partial charge in [0.2, 0.25) is 0 Å². The highest BCUT2D eigenvalue weighted by Crippen LogP contribution is 2.35. The molecule has 0 aliphatic carbocycles. The third-order valence-corrected chi connectivity index (χ3v) is 7.59. The summed E-state index contributed by atoms with van der Waals surface area (Å²) in [6.45, 7) is 3.01. The average Bonchev–Trinajstić information content (AvgIpc) is 3.08. The minimum atomic E-state index is -4.79. The molecule has 0 bridgehead atoms. The van der Waals surface area contributed by atoms with E-state index in [1.165, 1.54) is 0 Å². The van der Waals surface area contributed by atoms with Gasteiger partial charge in [0, 0.05) is 12.8 Å². The topological polar surface area (TPSA) is 140 Å². The molecule has 0 aromatic heterocycles. The highest BCUT2D eigenvalue weighted by atomic mass is 31.2. The summed E-state index contributed by atoms with van der Waals surface area (Å²) >= 11 is 0. The number of allylic oxidation sites excluding steroid dienone is 16. The normalized spacial score (nSPS) is 14.2. The van der Waals surface area contributed by atoms with Crippen LogP contribution in [0.25, 0.3) is 0 Å². The van der Waals surface area contributed by atoms with Crippen molar-refractivity contribution < 1.29 is 43.0 Å². The quantitative estimate of drug-likeness (QED) is 0.0267. The summed E-state index contributed by atoms with van der Waals surface area (Å²) in [7, 11) is -4.79. The van der Waals surface area contributed by atoms with Gasteiger partial charge in [0.15, 0.2) is 6.10 Å². The Hall–Kier alpha value is -3.07. The van der Waals surface area contributed by atoms with Crippen LogP contribution < -0.4 is 0 Å². The first-order chi connectivity index (χ1) is 24.6. The molecular formula is C41H65O9P. The Morgan fingerprint density at radius 2 is 1.02 bits per heavy atom. The van der Waals surface area contributed by atoms with E-state index in [1.54, 1.807) is 0 Å². The molecule has 2 atom stereocenters. The maximum absolute atomic E-state index is 12.3. The molecule has 0 saturated heterocycles. The first kappa shape index (κ1) is 47.9. The van der Waals surface area contributed by atoms with Gasteiger partial charge < -0.3 is 24.4 Å². The minimum Gasteiger partial charge on any atom is -0.462 e. The lowest BCUT2D eigenvalue weighted by molar-refractivity contribution is -0.161. The molecule has 0 rings (SSSR count). The lowest BCUT2D eigenvalue weighted by atomic mass is 10.1. The molecule has 0 aromatic rings. The number of carbonyl (C=O) groups excluding carboxylic acids is 2. The van der Waals surface area contributed by atoms with Crippen LogP contribution in [-0.4, -0.2) is 52.3 Å². The molecule has 0 radical (unpaired) electrons. The summed E-state index contributed by atoms with van der Waals surface area (Å²) in [5, 5.41) is 9.24. The molecule has 0 fully saturated rings. The fraction of sp³-hybridized carbons (Fsp3) is 0.561. The van der Waals surface area contributed by atoms with Gasteiger partial charge in [0.1, 0.15) is 6.61 Å². The molecule has 0 aromatic carbocycles. The van der Waals surface area contributed by atoms with Crippen LogP contribution in [0.4, 0.5) is 0 Å². The number of unbranched alkanes of at least 4 members (excludes halogenated alkanes) is 4. The number of carbonyl (C=O) groups is 2. The second kappa shape index (κ2) is 35.3. The van der Waals surface area contributed by atoms with Gasteiger partial charge in [-0.1, -0.05) is 104 Å². The summed E-state index contributed by atoms with van der Waals surface area (Å²) in [5.41, 5.74) is 0. The predicted molar refractivity (Wildman–Crippen MR) is 208 cm³/mol. The zero-order valence-electron chi connectivity index (χ0n) is 31.1. The van der Waals surface area contributed by atoms with Crippen molar-refractivity contribution in [1.29, 1.82) is 0 Å². The maximum Gasteiger partial charge on any atom is 0.469 e. The Morgan fingerprint density at radius 3 is 1.49 bits per heavy atom. The lowest BCUT2D eigenvalue weighted by Gasteiger charge is -2.18. The van der Waals surface area contributed by atoms with Crippen LogP contribution in [0.1, 0.15) is 123 Å². The van der Waals surface area contributed by atoms with E-state index in [-0.39, 0.29) is 25.6 Å². The summed E-state index contributed by atoms with van der Waals surface area (Å²) < 4.78 is 26.2. The second-order valence-corrected chi connectivity index (χ2v) is 13.3. The van der Waals surface area contributed by atoms with E-state index < -0.39 is 32.5 Å². The molecule has 288 valence electrons. The Labute approximate surface area is 307 Å². The van der Waals surface area contributed by atoms with Crippen molar-refractivity contribution in [1.82, 2.24) is 0 Å². The largest absolute Gasteiger partial charge is 0.469 e. The zero-order chi connectivity index (χ0) is 37.7. The molecule has 0 saturated carbocycles. The van der Waals surface area contributed by atoms with Gasteiger partial charge in [-0.25, -0.2) is 4.57 Å². The Morgan fingerprint density at radius 1 is 0.588 bits per heavy atom. The van der Waals surface area contributed by atoms with E-state index in [4.69, 9.17) is 19.3 Å². The molecular weight excluding hydrogens is 667 g/mol. The van der Waals surface area contributed by atoms with Crippen LogP contribution in [-0.2, 0) is 28.2 Å². The van der Waals surface area contributed by atoms with Crippen LogP contribution in [0.2, 0.25) is 0 Å². The highest BCUT2D eigenvalue weighted by Gasteiger charge is 2.22. The van der Waals surface area contributed by atoms with Gasteiger partial charge in [-0.15, -0.1) is 0 Å². The summed E-state index contributed by atoms with van der Waals surface area (Å²) in [6.07, 6.45) is 45.5. The third kappa shape index (κ3) is 39.6. The predicted octanol–water partition coefficient (Wildman–Crippen LogP) is 10.0. The van der Waals surface area contributed by atoms with E-state index in [0.717, 1.165) is 77.0 Å². The van der Waals surface area contributed by atoms with Crippen molar-refractivity contribution in [3.63, 3.8) is 0 Å². The fourth-order valence-corrected chi connectivity index (χ4v) is 4.73. The Balaban J connectivity index is 4.17. The average molecular weight is 733 g/mol. The van der Waals surface area contributed by atoms with Gasteiger partial charge in [-0.05, 0) is 103 Å². The van der Waals surface area contributed by atoms with Gasteiger partial charge >= 0.3 is 19.8 Å². The van der Waals surface area contributed by atoms with E-state index in [2.05, 4.69) is 96.5 Å². The monoisotopic (exact) mass is 732 g/mol. The molecule has 10 heteroatoms. The molecule has 0 heterocycles. The SMILES string of the molecule is CC/C=C\C/C=C\C/C=C\C/C=C\CCCCC(=O)O[C@H](COC(=O)CCC/C=C\C/C=C\C/C=C\C/C=C\CCC[C@@H](C)O)COP(=O)(O)O. The first-order valence-electron chi connectivity index (χ1n) is 18.6. The van der Waals surface area contributed by atoms with E-state index in [9.17, 15) is 19.3 Å². The number of ether oxygens (including phenoxy) is 2. The van der Waals surface area contributed by atoms with E-state index in [1.807, 2.05) is 19.1 Å². The maximum atomic E-state index is 12.3. The smallest absolute Gasteiger partial charge is 0.462 e. The van der Waals surface area contributed by atoms with E-state index in [0.29, 0.717) is 19.3 Å². The summed E-state index contributed by atoms with van der Waals surface area (Å²) in [4.78, 5) is 42.7. The number of phosphoric ester groups is 1. The van der Waals surface area contributed by atoms with Gasteiger partial charge in [-0.2, -0.15) is 0 Å². The minimum absolute atomic E-state index is 0.135. The van der Waals surface area contributed by atoms with E-state index >= 15 is 0 Å². The number of hydrogen-bond donors (Lipinski definition) is 3. The van der Waals surface area contributed by atoms with Gasteiger partial charge in [-0.3, -0.25) is 14.1 Å². The van der Waals surface area contributed by atoms with Crippen LogP contribution >= 0.6 is 7.82 Å². The van der Waals surface area contributed by atoms with Crippen LogP contribution in [0, 0.1) is 0 Å². The molecule has 0 spiro atoms. The zero-order valence-corrected chi connectivity index (χ0v) is 32.0. The number of aliphatic hydroxyl groups is 1. The number of phosphoric acid groups is 1. The number of esters is 2. The van der Waals surface area contributed by atoms with Crippen molar-refractivity contribution in [2.75, 3.05) is 13.2 Å². The molecule has 0 amide bonds. The molecule has 0 aliphatic heterocycles. The molecule has 0 unspecified atom stereocenters. The number of rotatable bonds is 32. The molecule has 9 nitrogen and oxygen atoms in total.